The van der Waals surface area contributed by atoms with Gasteiger partial charge in [0.2, 0.25) is 0 Å². The number of carboxylic acid groups (broad SMARTS) is 1. The van der Waals surface area contributed by atoms with Gasteiger partial charge in [0, 0.05) is 5.56 Å². The predicted octanol–water partition coefficient (Wildman–Crippen LogP) is 2.01. The van der Waals surface area contributed by atoms with Gasteiger partial charge in [-0.05, 0) is 70.3 Å². The minimum Gasteiger partial charge on any atom is -0.546 e. The highest BCUT2D eigenvalue weighted by Crippen LogP contribution is 2.44. The van der Waals surface area contributed by atoms with Gasteiger partial charge in [-0.1, -0.05) is 0 Å². The number of aromatic amines is 1. The van der Waals surface area contributed by atoms with Crippen LogP contribution < -0.4 is 25.3 Å². The molecule has 1 aliphatic carbocycles. The number of hydrogen-bond donors (Lipinski definition) is 1. The topological polar surface area (TPSA) is 146 Å². The summed E-state index contributed by atoms with van der Waals surface area (Å²) in [5, 5.41) is 29.9. The summed E-state index contributed by atoms with van der Waals surface area (Å²) in [5.74, 6) is -0.595. The van der Waals surface area contributed by atoms with E-state index in [9.17, 15) is 20.4 Å². The monoisotopic (exact) mass is 480 g/mol. The number of H-pyrrole nitrogens is 1. The van der Waals surface area contributed by atoms with Crippen molar-refractivity contribution in [2.45, 2.75) is 13.8 Å². The lowest BCUT2D eigenvalue weighted by molar-refractivity contribution is -0.364. The third-order valence-electron chi connectivity index (χ3n) is 4.95. The number of rotatable bonds is 5. The van der Waals surface area contributed by atoms with Crippen molar-refractivity contribution in [1.29, 1.82) is 10.5 Å². The zero-order valence-corrected chi connectivity index (χ0v) is 18.5. The van der Waals surface area contributed by atoms with Gasteiger partial charge in [-0.3, -0.25) is 5.73 Å². The molecule has 3 N–H and O–H groups in total. The lowest BCUT2D eigenvalue weighted by atomic mass is 9.95. The molecule has 0 amide bonds. The zero-order chi connectivity index (χ0) is 22.9. The molecule has 0 radical (unpaired) electrons. The van der Waals surface area contributed by atoms with Crippen LogP contribution in [0.5, 0.6) is 11.5 Å². The van der Waals surface area contributed by atoms with Crippen molar-refractivity contribution in [3.8, 4) is 23.6 Å². The molecule has 2 aromatic rings. The van der Waals surface area contributed by atoms with Crippen LogP contribution in [0.1, 0.15) is 34.9 Å². The van der Waals surface area contributed by atoms with E-state index in [1.807, 2.05) is 13.0 Å². The molecule has 0 fully saturated rings. The number of nitrogens with zero attached hydrogens (tertiary/aromatic N) is 2. The summed E-state index contributed by atoms with van der Waals surface area (Å²) in [5.41, 5.74) is 10.9. The van der Waals surface area contributed by atoms with E-state index in [-0.39, 0.29) is 11.6 Å². The summed E-state index contributed by atoms with van der Waals surface area (Å²) in [6, 6.07) is 7.72. The van der Waals surface area contributed by atoms with E-state index in [0.29, 0.717) is 38.2 Å². The highest BCUT2D eigenvalue weighted by atomic mass is 79.9. The van der Waals surface area contributed by atoms with Crippen LogP contribution in [-0.2, 0) is 4.79 Å². The molecule has 9 heteroatoms. The Labute approximate surface area is 187 Å². The molecule has 1 heterocycles. The Morgan fingerprint density at radius 2 is 2.03 bits per heavy atom. The van der Waals surface area contributed by atoms with Gasteiger partial charge in [-0.25, -0.2) is 4.98 Å². The molecule has 0 unspecified atom stereocenters. The van der Waals surface area contributed by atoms with E-state index < -0.39 is 12.6 Å². The largest absolute Gasteiger partial charge is 0.546 e. The van der Waals surface area contributed by atoms with Crippen LogP contribution in [0.25, 0.3) is 17.2 Å². The van der Waals surface area contributed by atoms with Gasteiger partial charge in [0.05, 0.1) is 17.6 Å². The molecular formula is C22H17BrN4O4. The smallest absolute Gasteiger partial charge is 0.289 e. The second-order valence-electron chi connectivity index (χ2n) is 6.77. The lowest BCUT2D eigenvalue weighted by Crippen LogP contribution is -2.29. The molecule has 156 valence electrons. The van der Waals surface area contributed by atoms with E-state index in [2.05, 4.69) is 33.1 Å². The number of anilines is 1. The predicted molar refractivity (Wildman–Crippen MR) is 114 cm³/mol. The summed E-state index contributed by atoms with van der Waals surface area (Å²) in [7, 11) is 1.44. The number of allylic oxidation sites excluding steroid dienone is 3. The number of pyridine rings is 1. The van der Waals surface area contributed by atoms with Crippen LogP contribution in [-0.4, -0.2) is 19.7 Å². The maximum Gasteiger partial charge on any atom is 0.289 e. The van der Waals surface area contributed by atoms with Crippen LogP contribution in [0.3, 0.4) is 0 Å². The first-order valence-electron chi connectivity index (χ1n) is 9.02. The van der Waals surface area contributed by atoms with Crippen LogP contribution >= 0.6 is 15.9 Å². The minimum atomic E-state index is -1.35. The SMILES string of the molecule is COc1cc(/C=C2\C(C)=C(C#N)c3[nH+]c(N)c(C#N)c(C)c32)cc(Br)c1OCC(=O)[O-]. The van der Waals surface area contributed by atoms with E-state index in [0.717, 1.165) is 16.7 Å². The number of nitrogens with two attached hydrogens (primary N) is 1. The standard InChI is InChI=1S/C22H17BrN4O4/c1-10-13(19-11(2)15(8-25)22(26)27-20(19)14(10)7-24)4-12-5-16(23)21(17(6-12)30-3)31-9-18(28)29/h4-6H,9H2,1-3H3,(H2,26,27)(H,28,29)/b13-4+. The minimum absolute atomic E-state index is 0.208. The molecule has 0 spiro atoms. The number of nitrogens with one attached hydrogen (secondary N) is 1. The van der Waals surface area contributed by atoms with Crippen LogP contribution in [0.15, 0.2) is 22.2 Å². The summed E-state index contributed by atoms with van der Waals surface area (Å²) in [6.07, 6.45) is 1.85. The van der Waals surface area contributed by atoms with Gasteiger partial charge in [0.15, 0.2) is 17.2 Å². The number of carbonyl (C=O) groups excluding carboxylic acids is 1. The van der Waals surface area contributed by atoms with Crippen molar-refractivity contribution in [2.24, 2.45) is 0 Å². The van der Waals surface area contributed by atoms with Crippen molar-refractivity contribution in [1.82, 2.24) is 0 Å². The first kappa shape index (κ1) is 21.9. The van der Waals surface area contributed by atoms with Crippen molar-refractivity contribution in [3.05, 3.63) is 50.1 Å². The number of aliphatic carboxylic acids is 1. The Kier molecular flexibility index (Phi) is 6.00. The van der Waals surface area contributed by atoms with Gasteiger partial charge in [0.25, 0.3) is 5.82 Å². The van der Waals surface area contributed by atoms with E-state index in [4.69, 9.17) is 15.2 Å². The van der Waals surface area contributed by atoms with Crippen LogP contribution in [0.4, 0.5) is 5.82 Å². The molecule has 1 aromatic heterocycles. The number of carboxylic acids is 1. The molecule has 0 atom stereocenters. The Bertz CT molecular complexity index is 1270. The highest BCUT2D eigenvalue weighted by molar-refractivity contribution is 9.10. The number of ether oxygens (including phenoxy) is 2. The molecule has 31 heavy (non-hydrogen) atoms. The first-order chi connectivity index (χ1) is 14.7. The molecule has 0 saturated carbocycles. The van der Waals surface area contributed by atoms with E-state index >= 15 is 0 Å². The highest BCUT2D eigenvalue weighted by Gasteiger charge is 2.32. The fourth-order valence-electron chi connectivity index (χ4n) is 3.53. The number of aromatic nitrogens is 1. The molecule has 1 aromatic carbocycles. The molecule has 3 rings (SSSR count). The number of fused-ring (bicyclic) bond motifs is 1. The third kappa shape index (κ3) is 3.83. The Balaban J connectivity index is 2.21. The average molecular weight is 481 g/mol. The Morgan fingerprint density at radius 1 is 1.32 bits per heavy atom. The molecule has 0 bridgehead atoms. The normalized spacial score (nSPS) is 13.5. The Hall–Kier alpha value is -3.82. The van der Waals surface area contributed by atoms with Gasteiger partial charge in [0.1, 0.15) is 29.9 Å². The van der Waals surface area contributed by atoms with Gasteiger partial charge >= 0.3 is 0 Å². The van der Waals surface area contributed by atoms with E-state index in [1.54, 1.807) is 19.1 Å². The van der Waals surface area contributed by atoms with Gasteiger partial charge in [-0.2, -0.15) is 10.5 Å². The molecular weight excluding hydrogens is 464 g/mol. The fraction of sp³-hybridized carbons (Fsp3) is 0.182. The number of halogens is 1. The fourth-order valence-corrected chi connectivity index (χ4v) is 4.11. The maximum absolute atomic E-state index is 10.7. The summed E-state index contributed by atoms with van der Waals surface area (Å²) in [4.78, 5) is 13.7. The summed E-state index contributed by atoms with van der Waals surface area (Å²) >= 11 is 3.38. The molecule has 0 aliphatic heterocycles. The number of benzene rings is 1. The second kappa shape index (κ2) is 8.50. The average Bonchev–Trinajstić information content (AvgIpc) is 2.97. The van der Waals surface area contributed by atoms with Crippen LogP contribution in [0.2, 0.25) is 0 Å². The van der Waals surface area contributed by atoms with Gasteiger partial charge in [-0.15, -0.1) is 0 Å². The van der Waals surface area contributed by atoms with Crippen LogP contribution in [0, 0.1) is 29.6 Å². The maximum atomic E-state index is 10.7. The quantitative estimate of drug-likeness (QED) is 0.687. The summed E-state index contributed by atoms with van der Waals surface area (Å²) in [6.45, 7) is 2.99. The van der Waals surface area contributed by atoms with Crippen molar-refractivity contribution >= 4 is 44.9 Å². The molecule has 8 nitrogen and oxygen atoms in total. The Morgan fingerprint density at radius 3 is 2.61 bits per heavy atom. The zero-order valence-electron chi connectivity index (χ0n) is 16.9. The van der Waals surface area contributed by atoms with E-state index in [1.165, 1.54) is 7.11 Å². The first-order valence-corrected chi connectivity index (χ1v) is 9.82. The number of methoxy groups -OCH3 is 1. The van der Waals surface area contributed by atoms with Crippen molar-refractivity contribution in [2.75, 3.05) is 19.5 Å². The molecule has 0 saturated heterocycles. The van der Waals surface area contributed by atoms with Crippen molar-refractivity contribution in [3.63, 3.8) is 0 Å². The van der Waals surface area contributed by atoms with Gasteiger partial charge < -0.3 is 19.4 Å². The molecule has 1 aliphatic rings. The number of nitrogen functional groups attached to an aromatic ring is 1. The third-order valence-corrected chi connectivity index (χ3v) is 5.54. The summed E-state index contributed by atoms with van der Waals surface area (Å²) < 4.78 is 11.1. The second-order valence-corrected chi connectivity index (χ2v) is 7.62. The number of hydrogen-bond acceptors (Lipinski definition) is 7. The van der Waals surface area contributed by atoms with Crippen molar-refractivity contribution < 1.29 is 24.4 Å². The number of nitriles is 2. The number of carbonyl (C=O) groups is 1. The lowest BCUT2D eigenvalue weighted by Gasteiger charge is -2.14.